The number of ether oxygens (including phenoxy) is 1. The minimum atomic E-state index is 0.267. The number of aromatic nitrogens is 2. The summed E-state index contributed by atoms with van der Waals surface area (Å²) in [5.74, 6) is 2.20. The van der Waals surface area contributed by atoms with Crippen molar-refractivity contribution in [1.82, 2.24) is 10.1 Å². The van der Waals surface area contributed by atoms with E-state index >= 15 is 0 Å². The van der Waals surface area contributed by atoms with Crippen LogP contribution in [0.3, 0.4) is 0 Å². The van der Waals surface area contributed by atoms with E-state index in [0.717, 1.165) is 31.9 Å². The summed E-state index contributed by atoms with van der Waals surface area (Å²) in [7, 11) is 0. The molecule has 0 amide bonds. The molecule has 0 saturated carbocycles. The first kappa shape index (κ1) is 12.1. The lowest BCUT2D eigenvalue weighted by Crippen LogP contribution is -2.05. The fraction of sp³-hybridized carbons (Fsp3) is 0.750. The zero-order valence-electron chi connectivity index (χ0n) is 10.1. The molecule has 92 valence electrons. The van der Waals surface area contributed by atoms with Crippen molar-refractivity contribution in [3.05, 3.63) is 11.7 Å². The van der Waals surface area contributed by atoms with Gasteiger partial charge in [-0.1, -0.05) is 12.1 Å². The summed E-state index contributed by atoms with van der Waals surface area (Å²) in [6.45, 7) is 3.65. The van der Waals surface area contributed by atoms with Gasteiger partial charge in [-0.05, 0) is 18.3 Å². The Morgan fingerprint density at radius 2 is 2.47 bits per heavy atom. The van der Waals surface area contributed by atoms with E-state index in [0.29, 0.717) is 24.7 Å². The minimum absolute atomic E-state index is 0.267. The van der Waals surface area contributed by atoms with Crippen LogP contribution in [0, 0.1) is 23.2 Å². The summed E-state index contributed by atoms with van der Waals surface area (Å²) < 4.78 is 10.5. The van der Waals surface area contributed by atoms with Crippen LogP contribution in [0.2, 0.25) is 0 Å². The molecule has 0 N–H and O–H groups in total. The van der Waals surface area contributed by atoms with Crippen molar-refractivity contribution in [1.29, 1.82) is 5.26 Å². The summed E-state index contributed by atoms with van der Waals surface area (Å²) >= 11 is 0. The van der Waals surface area contributed by atoms with Crippen LogP contribution < -0.4 is 0 Å². The normalized spacial score (nSPS) is 21.3. The molecule has 1 aromatic rings. The highest BCUT2D eigenvalue weighted by Gasteiger charge is 2.19. The van der Waals surface area contributed by atoms with E-state index < -0.39 is 0 Å². The molecule has 2 heterocycles. The summed E-state index contributed by atoms with van der Waals surface area (Å²) in [6.07, 6.45) is 3.11. The number of rotatable bonds is 5. The smallest absolute Gasteiger partial charge is 0.226 e. The van der Waals surface area contributed by atoms with Crippen LogP contribution in [-0.2, 0) is 17.6 Å². The van der Waals surface area contributed by atoms with Gasteiger partial charge in [0.2, 0.25) is 5.89 Å². The molecule has 1 fully saturated rings. The molecule has 0 spiro atoms. The summed E-state index contributed by atoms with van der Waals surface area (Å²) in [5.41, 5.74) is 0. The van der Waals surface area contributed by atoms with Gasteiger partial charge in [0.25, 0.3) is 0 Å². The second kappa shape index (κ2) is 5.78. The van der Waals surface area contributed by atoms with Crippen LogP contribution in [0.5, 0.6) is 0 Å². The fourth-order valence-electron chi connectivity index (χ4n) is 1.98. The van der Waals surface area contributed by atoms with Crippen molar-refractivity contribution in [2.45, 2.75) is 32.6 Å². The second-order valence-corrected chi connectivity index (χ2v) is 4.71. The molecule has 1 aromatic heterocycles. The van der Waals surface area contributed by atoms with Crippen LogP contribution in [0.1, 0.15) is 31.5 Å². The Hall–Kier alpha value is -1.41. The van der Waals surface area contributed by atoms with Gasteiger partial charge in [-0.25, -0.2) is 0 Å². The molecule has 0 bridgehead atoms. The van der Waals surface area contributed by atoms with Crippen molar-refractivity contribution in [2.24, 2.45) is 11.8 Å². The van der Waals surface area contributed by atoms with Crippen molar-refractivity contribution in [3.63, 3.8) is 0 Å². The van der Waals surface area contributed by atoms with E-state index in [1.807, 2.05) is 6.92 Å². The summed E-state index contributed by atoms with van der Waals surface area (Å²) in [4.78, 5) is 4.35. The first-order valence-electron chi connectivity index (χ1n) is 6.04. The fourth-order valence-corrected chi connectivity index (χ4v) is 1.98. The molecule has 17 heavy (non-hydrogen) atoms. The molecular formula is C12H17N3O2. The van der Waals surface area contributed by atoms with Crippen LogP contribution in [0.25, 0.3) is 0 Å². The molecule has 0 radical (unpaired) electrons. The predicted octanol–water partition coefficient (Wildman–Crippen LogP) is 1.74. The Kier molecular flexibility index (Phi) is 4.10. The van der Waals surface area contributed by atoms with Crippen LogP contribution in [0.15, 0.2) is 4.52 Å². The third kappa shape index (κ3) is 3.53. The zero-order valence-corrected chi connectivity index (χ0v) is 10.1. The van der Waals surface area contributed by atoms with Gasteiger partial charge in [-0.2, -0.15) is 10.2 Å². The Balaban J connectivity index is 1.85. The predicted molar refractivity (Wildman–Crippen MR) is 60.0 cm³/mol. The van der Waals surface area contributed by atoms with Crippen LogP contribution >= 0.6 is 0 Å². The van der Waals surface area contributed by atoms with E-state index in [2.05, 4.69) is 16.2 Å². The van der Waals surface area contributed by atoms with Gasteiger partial charge in [0.1, 0.15) is 0 Å². The lowest BCUT2D eigenvalue weighted by atomic mass is 10.0. The lowest BCUT2D eigenvalue weighted by molar-refractivity contribution is 0.185. The average molecular weight is 235 g/mol. The molecule has 2 rings (SSSR count). The SMILES string of the molecule is CC(CC#N)Cc1nc(CC2CCOC2)no1. The first-order valence-corrected chi connectivity index (χ1v) is 6.04. The van der Waals surface area contributed by atoms with Crippen LogP contribution in [-0.4, -0.2) is 23.4 Å². The maximum Gasteiger partial charge on any atom is 0.226 e. The minimum Gasteiger partial charge on any atom is -0.381 e. The molecule has 2 atom stereocenters. The Morgan fingerprint density at radius 1 is 1.59 bits per heavy atom. The standard InChI is InChI=1S/C12H17N3O2/c1-9(2-4-13)6-12-14-11(15-17-12)7-10-3-5-16-8-10/h9-10H,2-3,5-8H2,1H3. The number of nitrogens with zero attached hydrogens (tertiary/aromatic N) is 3. The average Bonchev–Trinajstić information content (AvgIpc) is 2.91. The van der Waals surface area contributed by atoms with Crippen molar-refractivity contribution >= 4 is 0 Å². The topological polar surface area (TPSA) is 71.9 Å². The molecular weight excluding hydrogens is 218 g/mol. The Bertz CT molecular complexity index is 391. The largest absolute Gasteiger partial charge is 0.381 e. The Labute approximate surface area is 101 Å². The molecule has 2 unspecified atom stereocenters. The summed E-state index contributed by atoms with van der Waals surface area (Å²) in [6, 6.07) is 2.15. The third-order valence-corrected chi connectivity index (χ3v) is 2.97. The van der Waals surface area contributed by atoms with Gasteiger partial charge in [0.05, 0.1) is 6.07 Å². The van der Waals surface area contributed by atoms with Gasteiger partial charge in [-0.3, -0.25) is 0 Å². The van der Waals surface area contributed by atoms with E-state index in [1.54, 1.807) is 0 Å². The van der Waals surface area contributed by atoms with Gasteiger partial charge >= 0.3 is 0 Å². The molecule has 1 saturated heterocycles. The molecule has 1 aliphatic heterocycles. The molecule has 0 aromatic carbocycles. The van der Waals surface area contributed by atoms with Crippen molar-refractivity contribution in [3.8, 4) is 6.07 Å². The number of nitriles is 1. The van der Waals surface area contributed by atoms with Crippen molar-refractivity contribution in [2.75, 3.05) is 13.2 Å². The highest BCUT2D eigenvalue weighted by atomic mass is 16.5. The van der Waals surface area contributed by atoms with Crippen LogP contribution in [0.4, 0.5) is 0 Å². The zero-order chi connectivity index (χ0) is 12.1. The molecule has 5 nitrogen and oxygen atoms in total. The molecule has 5 heteroatoms. The number of hydrogen-bond acceptors (Lipinski definition) is 5. The number of hydrogen-bond donors (Lipinski definition) is 0. The van der Waals surface area contributed by atoms with E-state index in [4.69, 9.17) is 14.5 Å². The maximum atomic E-state index is 8.58. The van der Waals surface area contributed by atoms with E-state index in [-0.39, 0.29) is 5.92 Å². The lowest BCUT2D eigenvalue weighted by Gasteiger charge is -2.01. The molecule has 0 aliphatic carbocycles. The summed E-state index contributed by atoms with van der Waals surface area (Å²) in [5, 5.41) is 12.5. The quantitative estimate of drug-likeness (QED) is 0.777. The maximum absolute atomic E-state index is 8.58. The van der Waals surface area contributed by atoms with Crippen molar-refractivity contribution < 1.29 is 9.26 Å². The van der Waals surface area contributed by atoms with Gasteiger partial charge < -0.3 is 9.26 Å². The highest BCUT2D eigenvalue weighted by Crippen LogP contribution is 2.17. The van der Waals surface area contributed by atoms with Gasteiger partial charge in [0.15, 0.2) is 5.82 Å². The first-order chi connectivity index (χ1) is 8.28. The monoisotopic (exact) mass is 235 g/mol. The third-order valence-electron chi connectivity index (χ3n) is 2.97. The molecule has 1 aliphatic rings. The highest BCUT2D eigenvalue weighted by molar-refractivity contribution is 4.91. The van der Waals surface area contributed by atoms with E-state index in [9.17, 15) is 0 Å². The van der Waals surface area contributed by atoms with E-state index in [1.165, 1.54) is 0 Å². The van der Waals surface area contributed by atoms with Gasteiger partial charge in [0, 0.05) is 32.5 Å². The van der Waals surface area contributed by atoms with Gasteiger partial charge in [-0.15, -0.1) is 0 Å². The second-order valence-electron chi connectivity index (χ2n) is 4.71. The Morgan fingerprint density at radius 3 is 3.18 bits per heavy atom.